The summed E-state index contributed by atoms with van der Waals surface area (Å²) in [5.74, 6) is 0.248. The molecule has 0 spiro atoms. The third kappa shape index (κ3) is 2.59. The largest absolute Gasteiger partial charge is 0.294 e. The summed E-state index contributed by atoms with van der Waals surface area (Å²) in [4.78, 5) is 23.6. The summed E-state index contributed by atoms with van der Waals surface area (Å²) in [5, 5.41) is 2.46. The Labute approximate surface area is 102 Å². The van der Waals surface area contributed by atoms with Crippen LogP contribution in [0.1, 0.15) is 47.0 Å². The molecule has 4 heteroatoms. The van der Waals surface area contributed by atoms with Crippen molar-refractivity contribution in [3.05, 3.63) is 0 Å². The van der Waals surface area contributed by atoms with Crippen molar-refractivity contribution >= 4 is 23.6 Å². The van der Waals surface area contributed by atoms with E-state index in [2.05, 4.69) is 19.2 Å². The van der Waals surface area contributed by atoms with E-state index in [1.54, 1.807) is 11.8 Å². The average Bonchev–Trinajstić information content (AvgIpc) is 2.21. The van der Waals surface area contributed by atoms with Crippen molar-refractivity contribution in [1.29, 1.82) is 0 Å². The van der Waals surface area contributed by atoms with Gasteiger partial charge in [-0.3, -0.25) is 14.9 Å². The Morgan fingerprint density at radius 1 is 1.38 bits per heavy atom. The summed E-state index contributed by atoms with van der Waals surface area (Å²) in [5.41, 5.74) is 0. The predicted molar refractivity (Wildman–Crippen MR) is 67.3 cm³/mol. The Morgan fingerprint density at radius 3 is 2.44 bits per heavy atom. The highest BCUT2D eigenvalue weighted by Crippen LogP contribution is 2.41. The highest BCUT2D eigenvalue weighted by molar-refractivity contribution is 8.02. The van der Waals surface area contributed by atoms with Crippen molar-refractivity contribution in [3.8, 4) is 0 Å². The zero-order valence-electron chi connectivity index (χ0n) is 10.5. The fourth-order valence-corrected chi connectivity index (χ4v) is 3.77. The van der Waals surface area contributed by atoms with Crippen molar-refractivity contribution in [2.75, 3.05) is 0 Å². The summed E-state index contributed by atoms with van der Waals surface area (Å²) in [6.07, 6.45) is 2.40. The van der Waals surface area contributed by atoms with Crippen LogP contribution < -0.4 is 5.32 Å². The van der Waals surface area contributed by atoms with E-state index in [9.17, 15) is 9.59 Å². The lowest BCUT2D eigenvalue weighted by molar-refractivity contribution is -0.133. The van der Waals surface area contributed by atoms with E-state index in [1.807, 2.05) is 13.8 Å². The molecule has 16 heavy (non-hydrogen) atoms. The molecule has 92 valence electrons. The highest BCUT2D eigenvalue weighted by Gasteiger charge is 2.46. The van der Waals surface area contributed by atoms with E-state index in [4.69, 9.17) is 0 Å². The number of carbonyl (C=O) groups excluding carboxylic acids is 2. The zero-order valence-corrected chi connectivity index (χ0v) is 11.3. The van der Waals surface area contributed by atoms with Gasteiger partial charge in [0, 0.05) is 0 Å². The molecular formula is C12H21NO2S. The van der Waals surface area contributed by atoms with Crippen molar-refractivity contribution in [2.24, 2.45) is 5.92 Å². The summed E-state index contributed by atoms with van der Waals surface area (Å²) in [6.45, 7) is 8.24. The first-order valence-corrected chi connectivity index (χ1v) is 6.86. The molecule has 3 nitrogen and oxygen atoms in total. The van der Waals surface area contributed by atoms with Gasteiger partial charge in [-0.25, -0.2) is 0 Å². The number of hydrogen-bond acceptors (Lipinski definition) is 3. The second-order valence-electron chi connectivity index (χ2n) is 4.78. The fourth-order valence-electron chi connectivity index (χ4n) is 2.14. The minimum absolute atomic E-state index is 0.0728. The van der Waals surface area contributed by atoms with Crippen LogP contribution in [0.4, 0.5) is 0 Å². The van der Waals surface area contributed by atoms with Gasteiger partial charge in [-0.1, -0.05) is 27.7 Å². The lowest BCUT2D eigenvalue weighted by Gasteiger charge is -2.38. The van der Waals surface area contributed by atoms with Crippen LogP contribution in [0.15, 0.2) is 0 Å². The second-order valence-corrected chi connectivity index (χ2v) is 6.37. The molecule has 1 heterocycles. The number of hydrogen-bond donors (Lipinski definition) is 1. The van der Waals surface area contributed by atoms with Crippen molar-refractivity contribution in [1.82, 2.24) is 5.32 Å². The maximum Gasteiger partial charge on any atom is 0.242 e. The number of imide groups is 1. The molecule has 0 radical (unpaired) electrons. The van der Waals surface area contributed by atoms with Gasteiger partial charge in [-0.05, 0) is 25.2 Å². The summed E-state index contributed by atoms with van der Waals surface area (Å²) < 4.78 is -0.400. The van der Waals surface area contributed by atoms with Crippen molar-refractivity contribution in [3.63, 3.8) is 0 Å². The average molecular weight is 243 g/mol. The standard InChI is InChI=1S/C12H21NO2S/c1-5-9-10(14)13-11(15)12(6-2,16-9)7-8(3)4/h8-9H,5-7H2,1-4H3,(H,13,14,15)/t9-,12-/m0/s1. The number of nitrogens with one attached hydrogen (secondary N) is 1. The van der Waals surface area contributed by atoms with Crippen LogP contribution >= 0.6 is 11.8 Å². The third-order valence-electron chi connectivity index (χ3n) is 2.99. The Hall–Kier alpha value is -0.510. The molecule has 1 rings (SSSR count). The van der Waals surface area contributed by atoms with E-state index < -0.39 is 4.75 Å². The predicted octanol–water partition coefficient (Wildman–Crippen LogP) is 2.35. The van der Waals surface area contributed by atoms with Gasteiger partial charge in [0.2, 0.25) is 11.8 Å². The Balaban J connectivity index is 2.90. The van der Waals surface area contributed by atoms with Crippen LogP contribution in [-0.4, -0.2) is 21.8 Å². The SMILES string of the molecule is CC[C@@H]1S[C@@](CC)(CC(C)C)C(=O)NC1=O. The quantitative estimate of drug-likeness (QED) is 0.771. The first kappa shape index (κ1) is 13.6. The van der Waals surface area contributed by atoms with Gasteiger partial charge in [-0.15, -0.1) is 11.8 Å². The number of amides is 2. The van der Waals surface area contributed by atoms with Gasteiger partial charge >= 0.3 is 0 Å². The molecule has 1 aliphatic heterocycles. The highest BCUT2D eigenvalue weighted by atomic mass is 32.2. The van der Waals surface area contributed by atoms with Crippen LogP contribution in [0.25, 0.3) is 0 Å². The first-order valence-electron chi connectivity index (χ1n) is 5.98. The Bertz CT molecular complexity index is 291. The monoisotopic (exact) mass is 243 g/mol. The molecule has 0 bridgehead atoms. The van der Waals surface area contributed by atoms with E-state index in [0.717, 1.165) is 19.3 Å². The van der Waals surface area contributed by atoms with Crippen LogP contribution in [0.5, 0.6) is 0 Å². The van der Waals surface area contributed by atoms with Crippen LogP contribution in [0, 0.1) is 5.92 Å². The number of rotatable bonds is 4. The molecule has 2 atom stereocenters. The van der Waals surface area contributed by atoms with E-state index in [0.29, 0.717) is 5.92 Å². The molecule has 1 N–H and O–H groups in total. The van der Waals surface area contributed by atoms with Gasteiger partial charge in [0.25, 0.3) is 0 Å². The van der Waals surface area contributed by atoms with Crippen LogP contribution in [0.3, 0.4) is 0 Å². The summed E-state index contributed by atoms with van der Waals surface area (Å²) in [7, 11) is 0. The molecular weight excluding hydrogens is 222 g/mol. The Kier molecular flexibility index (Phi) is 4.42. The van der Waals surface area contributed by atoms with Crippen LogP contribution in [0.2, 0.25) is 0 Å². The minimum atomic E-state index is -0.400. The molecule has 0 aromatic rings. The fraction of sp³-hybridized carbons (Fsp3) is 0.833. The van der Waals surface area contributed by atoms with E-state index >= 15 is 0 Å². The maximum atomic E-state index is 12.0. The van der Waals surface area contributed by atoms with Gasteiger partial charge in [-0.2, -0.15) is 0 Å². The molecule has 0 saturated carbocycles. The van der Waals surface area contributed by atoms with Gasteiger partial charge < -0.3 is 0 Å². The van der Waals surface area contributed by atoms with Crippen LogP contribution in [-0.2, 0) is 9.59 Å². The molecule has 1 fully saturated rings. The molecule has 1 aliphatic rings. The smallest absolute Gasteiger partial charge is 0.242 e. The van der Waals surface area contributed by atoms with Gasteiger partial charge in [0.05, 0.1) is 10.00 Å². The van der Waals surface area contributed by atoms with E-state index in [1.165, 1.54) is 0 Å². The lowest BCUT2D eigenvalue weighted by Crippen LogP contribution is -2.55. The van der Waals surface area contributed by atoms with Gasteiger partial charge in [0.1, 0.15) is 0 Å². The minimum Gasteiger partial charge on any atom is -0.294 e. The molecule has 0 unspecified atom stereocenters. The summed E-state index contributed by atoms with van der Waals surface area (Å²) in [6, 6.07) is 0. The van der Waals surface area contributed by atoms with Crippen molar-refractivity contribution < 1.29 is 9.59 Å². The molecule has 0 aliphatic carbocycles. The molecule has 0 aromatic carbocycles. The number of thioether (sulfide) groups is 1. The molecule has 1 saturated heterocycles. The third-order valence-corrected chi connectivity index (χ3v) is 4.91. The number of carbonyl (C=O) groups is 2. The van der Waals surface area contributed by atoms with Crippen molar-refractivity contribution in [2.45, 2.75) is 57.0 Å². The van der Waals surface area contributed by atoms with E-state index in [-0.39, 0.29) is 17.1 Å². The summed E-state index contributed by atoms with van der Waals surface area (Å²) >= 11 is 1.56. The first-order chi connectivity index (χ1) is 7.45. The molecule has 2 amide bonds. The van der Waals surface area contributed by atoms with Gasteiger partial charge in [0.15, 0.2) is 0 Å². The lowest BCUT2D eigenvalue weighted by atomic mass is 9.92. The Morgan fingerprint density at radius 2 is 2.00 bits per heavy atom. The topological polar surface area (TPSA) is 46.2 Å². The normalized spacial score (nSPS) is 30.7. The molecule has 0 aromatic heterocycles. The zero-order chi connectivity index (χ0) is 12.3. The maximum absolute atomic E-state index is 12.0. The second kappa shape index (κ2) is 5.21.